The molecule has 3 aromatic heterocycles. The zero-order chi connectivity index (χ0) is 60.0. The molecule has 0 amide bonds. The molecule has 0 bridgehead atoms. The number of carboxylic acid groups (broad SMARTS) is 9. The van der Waals surface area contributed by atoms with Crippen LogP contribution < -0.4 is 28.8 Å². The lowest BCUT2D eigenvalue weighted by atomic mass is 10.2. The van der Waals surface area contributed by atoms with Crippen LogP contribution >= 0.6 is 0 Å². The number of hydrogen-bond acceptors (Lipinski definition) is 12. The maximum atomic E-state index is 11.3. The molecule has 0 saturated carbocycles. The van der Waals surface area contributed by atoms with Gasteiger partial charge in [0.15, 0.2) is 0 Å². The molecule has 0 saturated heterocycles. The summed E-state index contributed by atoms with van der Waals surface area (Å²) in [4.78, 5) is 92.8. The van der Waals surface area contributed by atoms with Crippen LogP contribution in [0.2, 0.25) is 0 Å². The first kappa shape index (κ1) is 79.3. The molecule has 3 rings (SSSR count). The summed E-state index contributed by atoms with van der Waals surface area (Å²) in [6.45, 7) is 8.19. The lowest BCUT2D eigenvalue weighted by Crippen LogP contribution is -2.56. The molecule has 73 heavy (non-hydrogen) atoms. The number of aryl methyl sites for hydroxylation is 6. The first-order chi connectivity index (χ1) is 32.8. The maximum absolute atomic E-state index is 11.3. The average molecular weight is 1090 g/mol. The zero-order valence-electron chi connectivity index (χ0n) is 39.6. The van der Waals surface area contributed by atoms with Crippen molar-refractivity contribution >= 4 is 61.0 Å². The summed E-state index contributed by atoms with van der Waals surface area (Å²) < 4.78 is 108. The van der Waals surface area contributed by atoms with E-state index in [1.54, 1.807) is 0 Å². The number of aromatic nitrogens is 6. The van der Waals surface area contributed by atoms with Gasteiger partial charge in [0.2, 0.25) is 0 Å². The van der Waals surface area contributed by atoms with Gasteiger partial charge in [-0.3, -0.25) is 21.7 Å². The number of nitrogens with one attached hydrogen (secondary N) is 3. The highest BCUT2D eigenvalue weighted by molar-refractivity contribution is 6.28. The topological polar surface area (TPSA) is 464 Å². The molecule has 0 radical (unpaired) electrons. The molecule has 3 heterocycles. The summed E-state index contributed by atoms with van der Waals surface area (Å²) in [6, 6.07) is 0. The summed E-state index contributed by atoms with van der Waals surface area (Å²) in [6.07, 6.45) is 1.23. The van der Waals surface area contributed by atoms with Crippen molar-refractivity contribution in [2.75, 3.05) is 0 Å². The average Bonchev–Trinajstić information content (AvgIpc) is 4.00. The minimum atomic E-state index is -4.62. The zero-order valence-corrected chi connectivity index (χ0v) is 39.6. The second-order valence-corrected chi connectivity index (χ2v) is 12.5. The summed E-state index contributed by atoms with van der Waals surface area (Å²) in [5.74, 6) is -19.5. The molecule has 420 valence electrons. The van der Waals surface area contributed by atoms with Gasteiger partial charge in [0.1, 0.15) is 54.9 Å². The van der Waals surface area contributed by atoms with Gasteiger partial charge in [0.05, 0.1) is 21.1 Å². The Morgan fingerprint density at radius 2 is 0.575 bits per heavy atom. The van der Waals surface area contributed by atoms with E-state index < -0.39 is 97.3 Å². The van der Waals surface area contributed by atoms with E-state index >= 15 is 0 Å². The highest BCUT2D eigenvalue weighted by atomic mass is 19.4. The van der Waals surface area contributed by atoms with Gasteiger partial charge in [0.25, 0.3) is 17.5 Å². The number of hydrogen-bond donors (Lipinski definition) is 12. The van der Waals surface area contributed by atoms with Crippen molar-refractivity contribution in [3.05, 3.63) is 54.7 Å². The third-order valence-electron chi connectivity index (χ3n) is 7.06. The van der Waals surface area contributed by atoms with E-state index in [9.17, 15) is 53.9 Å². The molecule has 0 aliphatic rings. The molecule has 0 aliphatic carbocycles. The second-order valence-electron chi connectivity index (χ2n) is 12.5. The van der Waals surface area contributed by atoms with Crippen LogP contribution in [0.1, 0.15) is 59.0 Å². The van der Waals surface area contributed by atoms with Gasteiger partial charge in [-0.25, -0.2) is 57.4 Å². The van der Waals surface area contributed by atoms with E-state index in [1.165, 1.54) is 17.5 Å². The molecular formula is C36H54BF9N6O21. The standard InChI is InChI=1S/3C6H10N2.3C4H5F3O2.3C2H2O4.BO3/c3*1-3-6-7-4-5-8(6)2;3*1-2(3(8)9)4(5,6)7;3*3-1(4)2(5)6;2-1(3)4/h3*4-5H,3H2,1-2H3;3*2H,1H3,(H,8,9);3*(H,3,4)(H,5,6);/q;;;;;;;;;-3/p+3. The number of nitrogens with zero attached hydrogens (tertiary/aromatic N) is 3. The molecule has 3 atom stereocenters. The molecule has 0 aliphatic heterocycles. The van der Waals surface area contributed by atoms with Crippen LogP contribution in [0.15, 0.2) is 37.2 Å². The summed E-state index contributed by atoms with van der Waals surface area (Å²) >= 11 is 0. The van der Waals surface area contributed by atoms with Gasteiger partial charge < -0.3 is 61.0 Å². The number of rotatable bonds is 6. The van der Waals surface area contributed by atoms with Gasteiger partial charge in [-0.15, -0.1) is 0 Å². The SMILES string of the molecule is CC(C(=O)O)C(F)(F)F.CC(C(=O)O)C(F)(F)F.CC(C(=O)O)C(F)(F)F.CCc1[nH]cc[n+]1C.CCc1[nH]cc[n+]1C.CCc1[nH]cc[n+]1C.O=C(O)C(=O)O.O=C(O)C(=O)O.O=C(O)C(=O)O.[O-]B([O-])[O-]. The fraction of sp³-hybridized carbons (Fsp3) is 0.500. The number of halogens is 9. The molecule has 0 fully saturated rings. The monoisotopic (exact) mass is 1090 g/mol. The molecule has 3 unspecified atom stereocenters. The fourth-order valence-corrected chi connectivity index (χ4v) is 2.79. The third kappa shape index (κ3) is 50.4. The lowest BCUT2D eigenvalue weighted by Gasteiger charge is -2.35. The number of imidazole rings is 3. The Labute approximate surface area is 406 Å². The summed E-state index contributed by atoms with van der Waals surface area (Å²) in [5, 5.41) is 93.0. The number of carbonyl (C=O) groups is 9. The Bertz CT molecular complexity index is 1830. The molecule has 12 N–H and O–H groups in total. The molecule has 37 heteroatoms. The number of carboxylic acids is 9. The van der Waals surface area contributed by atoms with E-state index in [2.05, 4.69) is 49.4 Å². The predicted molar refractivity (Wildman–Crippen MR) is 214 cm³/mol. The highest BCUT2D eigenvalue weighted by Gasteiger charge is 2.42. The second kappa shape index (κ2) is 40.9. The molecule has 0 aromatic carbocycles. The van der Waals surface area contributed by atoms with Crippen molar-refractivity contribution < 1.29 is 157 Å². The van der Waals surface area contributed by atoms with Crippen LogP contribution in [0.4, 0.5) is 39.5 Å². The van der Waals surface area contributed by atoms with E-state index in [0.717, 1.165) is 19.3 Å². The smallest absolute Gasteiger partial charge is 0.414 e. The van der Waals surface area contributed by atoms with Gasteiger partial charge in [-0.05, 0) is 20.8 Å². The quantitative estimate of drug-likeness (QED) is 0.0580. The molecule has 3 aromatic rings. The Hall–Kier alpha value is -7.83. The minimum Gasteiger partial charge on any atom is -0.907 e. The normalized spacial score (nSPS) is 11.0. The van der Waals surface area contributed by atoms with Gasteiger partial charge in [0, 0.05) is 19.3 Å². The van der Waals surface area contributed by atoms with Crippen LogP contribution in [-0.4, -0.2) is 140 Å². The summed E-state index contributed by atoms with van der Waals surface area (Å²) in [5.41, 5.74) is 0. The van der Waals surface area contributed by atoms with E-state index in [0.29, 0.717) is 20.8 Å². The van der Waals surface area contributed by atoms with Crippen LogP contribution in [0.5, 0.6) is 0 Å². The van der Waals surface area contributed by atoms with E-state index in [4.69, 9.17) is 89.8 Å². The van der Waals surface area contributed by atoms with E-state index in [-0.39, 0.29) is 0 Å². The van der Waals surface area contributed by atoms with Crippen molar-refractivity contribution in [1.29, 1.82) is 0 Å². The first-order valence-electron chi connectivity index (χ1n) is 19.1. The Balaban J connectivity index is -0.000000134. The third-order valence-corrected chi connectivity index (χ3v) is 7.06. The largest absolute Gasteiger partial charge is 0.907 e. The van der Waals surface area contributed by atoms with Gasteiger partial charge in [-0.2, -0.15) is 39.5 Å². The predicted octanol–water partition coefficient (Wildman–Crippen LogP) is -1.47. The number of alkyl halides is 9. The van der Waals surface area contributed by atoms with Crippen molar-refractivity contribution in [3.63, 3.8) is 0 Å². The Kier molecular flexibility index (Phi) is 44.4. The van der Waals surface area contributed by atoms with Crippen LogP contribution in [0, 0.1) is 17.8 Å². The Morgan fingerprint density at radius 3 is 0.603 bits per heavy atom. The van der Waals surface area contributed by atoms with Crippen LogP contribution in [-0.2, 0) is 83.6 Å². The Morgan fingerprint density at radius 1 is 0.438 bits per heavy atom. The van der Waals surface area contributed by atoms with Crippen molar-refractivity contribution in [1.82, 2.24) is 15.0 Å². The minimum absolute atomic E-state index is 0.600. The molecule has 0 spiro atoms. The maximum Gasteiger partial charge on any atom is 0.414 e. The molecular weight excluding hydrogens is 1030 g/mol. The highest BCUT2D eigenvalue weighted by Crippen LogP contribution is 2.26. The van der Waals surface area contributed by atoms with Crippen molar-refractivity contribution in [2.24, 2.45) is 38.9 Å². The number of H-pyrrole nitrogens is 3. The molecule has 27 nitrogen and oxygen atoms in total. The lowest BCUT2D eigenvalue weighted by molar-refractivity contribution is -0.677. The first-order valence-corrected chi connectivity index (χ1v) is 19.1. The number of aromatic amines is 3. The number of aliphatic carboxylic acids is 9. The van der Waals surface area contributed by atoms with Crippen molar-refractivity contribution in [3.8, 4) is 0 Å². The summed E-state index contributed by atoms with van der Waals surface area (Å²) in [7, 11) is 3.19. The van der Waals surface area contributed by atoms with Crippen LogP contribution in [0.25, 0.3) is 0 Å². The van der Waals surface area contributed by atoms with Crippen molar-refractivity contribution in [2.45, 2.75) is 79.3 Å². The fourth-order valence-electron chi connectivity index (χ4n) is 2.79. The van der Waals surface area contributed by atoms with Crippen LogP contribution in [0.3, 0.4) is 0 Å². The van der Waals surface area contributed by atoms with E-state index in [1.807, 2.05) is 58.3 Å². The van der Waals surface area contributed by atoms with Gasteiger partial charge >= 0.3 is 72.3 Å². The van der Waals surface area contributed by atoms with Gasteiger partial charge in [-0.1, -0.05) is 20.8 Å².